The minimum Gasteiger partial charge on any atom is -0.391 e. The van der Waals surface area contributed by atoms with E-state index in [4.69, 9.17) is 9.05 Å². The molecule has 0 heterocycles. The van der Waals surface area contributed by atoms with Crippen LogP contribution in [0.1, 0.15) is 206 Å². The Hall–Kier alpha value is -1.54. The van der Waals surface area contributed by atoms with Crippen LogP contribution in [-0.4, -0.2) is 73.4 Å². The van der Waals surface area contributed by atoms with Gasteiger partial charge in [-0.2, -0.15) is 0 Å². The van der Waals surface area contributed by atoms with Crippen LogP contribution in [-0.2, 0) is 18.4 Å². The standard InChI is InChI=1S/C49H93N2O6P/c1-6-8-10-12-14-16-18-20-22-24-25-27-29-31-33-35-37-39-41-43-49(53)50-47(46-57-58(54,55)56-45-44-51(3,4)5)48(52)42-40-38-36-34-32-30-28-26-23-21-19-17-15-13-11-9-7-2/h8,10,14,16,20,22,25,27,47-48,52H,6-7,9,11-13,15,17-19,21,23-24,26,28-46H2,1-5H3,(H-,50,53,54,55)/p+1/b10-8-,16-14-,22-20-,27-25-. The van der Waals surface area contributed by atoms with Gasteiger partial charge in [-0.15, -0.1) is 0 Å². The van der Waals surface area contributed by atoms with Gasteiger partial charge in [0.25, 0.3) is 0 Å². The molecule has 0 aromatic heterocycles. The maximum atomic E-state index is 12.9. The van der Waals surface area contributed by atoms with E-state index in [1.54, 1.807) is 0 Å². The maximum Gasteiger partial charge on any atom is 0.472 e. The molecule has 0 saturated heterocycles. The Bertz CT molecular complexity index is 1090. The zero-order chi connectivity index (χ0) is 42.8. The predicted molar refractivity (Wildman–Crippen MR) is 249 cm³/mol. The number of aliphatic hydroxyl groups excluding tert-OH is 1. The Morgan fingerprint density at radius 1 is 0.603 bits per heavy atom. The number of quaternary nitrogens is 1. The van der Waals surface area contributed by atoms with E-state index in [1.807, 2.05) is 21.1 Å². The first-order valence-corrected chi connectivity index (χ1v) is 25.5. The Morgan fingerprint density at radius 2 is 1.03 bits per heavy atom. The van der Waals surface area contributed by atoms with Gasteiger partial charge in [0.1, 0.15) is 13.2 Å². The van der Waals surface area contributed by atoms with Crippen molar-refractivity contribution in [2.45, 2.75) is 219 Å². The normalized spacial score (nSPS) is 14.7. The number of hydrogen-bond acceptors (Lipinski definition) is 5. The highest BCUT2D eigenvalue weighted by molar-refractivity contribution is 7.47. The highest BCUT2D eigenvalue weighted by atomic mass is 31.2. The molecule has 3 N–H and O–H groups in total. The molecule has 0 aromatic carbocycles. The van der Waals surface area contributed by atoms with E-state index >= 15 is 0 Å². The van der Waals surface area contributed by atoms with E-state index in [9.17, 15) is 19.4 Å². The van der Waals surface area contributed by atoms with Gasteiger partial charge in [0.15, 0.2) is 0 Å². The smallest absolute Gasteiger partial charge is 0.391 e. The van der Waals surface area contributed by atoms with Crippen molar-refractivity contribution in [2.75, 3.05) is 40.9 Å². The zero-order valence-corrected chi connectivity index (χ0v) is 39.4. The van der Waals surface area contributed by atoms with Crippen molar-refractivity contribution in [3.63, 3.8) is 0 Å². The minimum atomic E-state index is -4.32. The molecule has 0 rings (SSSR count). The van der Waals surface area contributed by atoms with E-state index in [2.05, 4.69) is 67.8 Å². The summed E-state index contributed by atoms with van der Waals surface area (Å²) in [7, 11) is 1.60. The summed E-state index contributed by atoms with van der Waals surface area (Å²) < 4.78 is 23.7. The molecule has 0 bridgehead atoms. The fourth-order valence-electron chi connectivity index (χ4n) is 6.80. The van der Waals surface area contributed by atoms with E-state index < -0.39 is 20.0 Å². The summed E-state index contributed by atoms with van der Waals surface area (Å²) in [6, 6.07) is -0.769. The zero-order valence-electron chi connectivity index (χ0n) is 38.5. The summed E-state index contributed by atoms with van der Waals surface area (Å²) in [6.45, 7) is 4.77. The quantitative estimate of drug-likeness (QED) is 0.0244. The largest absolute Gasteiger partial charge is 0.472 e. The molecule has 0 saturated carbocycles. The topological polar surface area (TPSA) is 105 Å². The van der Waals surface area contributed by atoms with Gasteiger partial charge < -0.3 is 19.8 Å². The number of hydrogen-bond donors (Lipinski definition) is 3. The molecular weight excluding hydrogens is 744 g/mol. The number of nitrogens with one attached hydrogen (secondary N) is 1. The molecule has 0 aliphatic carbocycles. The lowest BCUT2D eigenvalue weighted by atomic mass is 10.0. The molecule has 1 amide bonds. The fourth-order valence-corrected chi connectivity index (χ4v) is 7.54. The molecule has 0 aromatic rings. The maximum absolute atomic E-state index is 12.9. The molecule has 0 spiro atoms. The Morgan fingerprint density at radius 3 is 1.52 bits per heavy atom. The van der Waals surface area contributed by atoms with Crippen molar-refractivity contribution in [3.05, 3.63) is 48.6 Å². The van der Waals surface area contributed by atoms with Crippen molar-refractivity contribution in [1.29, 1.82) is 0 Å². The second kappa shape index (κ2) is 40.8. The number of likely N-dealkylation sites (N-methyl/N-ethyl adjacent to an activating group) is 1. The molecular formula is C49H94N2O6P+. The monoisotopic (exact) mass is 838 g/mol. The second-order valence-electron chi connectivity index (χ2n) is 17.5. The van der Waals surface area contributed by atoms with E-state index in [1.165, 1.54) is 103 Å². The van der Waals surface area contributed by atoms with E-state index in [-0.39, 0.29) is 19.1 Å². The number of aliphatic hydroxyl groups is 1. The summed E-state index contributed by atoms with van der Waals surface area (Å²) in [6.07, 6.45) is 51.3. The van der Waals surface area contributed by atoms with Crippen molar-refractivity contribution >= 4 is 13.7 Å². The number of unbranched alkanes of at least 4 members (excludes halogenated alkanes) is 22. The first kappa shape index (κ1) is 56.5. The third-order valence-corrected chi connectivity index (χ3v) is 11.6. The predicted octanol–water partition coefficient (Wildman–Crippen LogP) is 13.6. The van der Waals surface area contributed by atoms with Gasteiger partial charge in [0, 0.05) is 6.42 Å². The molecule has 58 heavy (non-hydrogen) atoms. The summed E-state index contributed by atoms with van der Waals surface area (Å²) in [5, 5.41) is 14.0. The third kappa shape index (κ3) is 42.6. The van der Waals surface area contributed by atoms with Crippen molar-refractivity contribution in [3.8, 4) is 0 Å². The van der Waals surface area contributed by atoms with Gasteiger partial charge in [0.2, 0.25) is 5.91 Å². The van der Waals surface area contributed by atoms with Crippen LogP contribution < -0.4 is 5.32 Å². The number of amides is 1. The molecule has 3 atom stereocenters. The molecule has 9 heteroatoms. The van der Waals surface area contributed by atoms with Crippen LogP contribution in [0.5, 0.6) is 0 Å². The minimum absolute atomic E-state index is 0.0700. The number of carbonyl (C=O) groups excluding carboxylic acids is 1. The van der Waals surface area contributed by atoms with Crippen LogP contribution in [0.4, 0.5) is 0 Å². The first-order valence-electron chi connectivity index (χ1n) is 24.0. The van der Waals surface area contributed by atoms with Crippen LogP contribution >= 0.6 is 7.82 Å². The highest BCUT2D eigenvalue weighted by Crippen LogP contribution is 2.43. The molecule has 0 fully saturated rings. The lowest BCUT2D eigenvalue weighted by Gasteiger charge is -2.26. The number of phosphoric ester groups is 1. The van der Waals surface area contributed by atoms with Crippen LogP contribution in [0.2, 0.25) is 0 Å². The number of nitrogens with zero attached hydrogens (tertiary/aromatic N) is 1. The summed E-state index contributed by atoms with van der Waals surface area (Å²) in [5.41, 5.74) is 0. The fraction of sp³-hybridized carbons (Fsp3) is 0.816. The number of phosphoric acid groups is 1. The lowest BCUT2D eigenvalue weighted by molar-refractivity contribution is -0.870. The highest BCUT2D eigenvalue weighted by Gasteiger charge is 2.28. The molecule has 8 nitrogen and oxygen atoms in total. The Labute approximate surface area is 359 Å². The summed E-state index contributed by atoms with van der Waals surface area (Å²) >= 11 is 0. The number of carbonyl (C=O) groups is 1. The lowest BCUT2D eigenvalue weighted by Crippen LogP contribution is -2.46. The molecule has 0 radical (unpaired) electrons. The summed E-state index contributed by atoms with van der Waals surface area (Å²) in [5.74, 6) is -0.159. The van der Waals surface area contributed by atoms with Crippen LogP contribution in [0.25, 0.3) is 0 Å². The number of rotatable bonds is 43. The summed E-state index contributed by atoms with van der Waals surface area (Å²) in [4.78, 5) is 23.2. The van der Waals surface area contributed by atoms with Gasteiger partial charge >= 0.3 is 7.82 Å². The average Bonchev–Trinajstić information content (AvgIpc) is 3.17. The van der Waals surface area contributed by atoms with E-state index in [0.717, 1.165) is 77.0 Å². The van der Waals surface area contributed by atoms with Gasteiger partial charge in [-0.05, 0) is 51.4 Å². The first-order chi connectivity index (χ1) is 28.0. The van der Waals surface area contributed by atoms with Crippen molar-refractivity contribution in [2.24, 2.45) is 0 Å². The molecule has 340 valence electrons. The van der Waals surface area contributed by atoms with Gasteiger partial charge in [-0.1, -0.05) is 197 Å². The van der Waals surface area contributed by atoms with Crippen LogP contribution in [0, 0.1) is 0 Å². The van der Waals surface area contributed by atoms with E-state index in [0.29, 0.717) is 23.9 Å². The van der Waals surface area contributed by atoms with Gasteiger partial charge in [-0.3, -0.25) is 13.8 Å². The van der Waals surface area contributed by atoms with Gasteiger partial charge in [0.05, 0.1) is 39.9 Å². The Kier molecular flexibility index (Phi) is 39.8. The molecule has 3 unspecified atom stereocenters. The SMILES string of the molecule is CC/C=C\C/C=C\C/C=C\C/C=C\CCCCCCCCC(=O)NC(COP(=O)(O)OCC[N+](C)(C)C)C(O)CCCCCCCCCCCCCCCCCCC. The van der Waals surface area contributed by atoms with Gasteiger partial charge in [-0.25, -0.2) is 4.57 Å². The Balaban J connectivity index is 4.35. The van der Waals surface area contributed by atoms with Crippen LogP contribution in [0.3, 0.4) is 0 Å². The number of allylic oxidation sites excluding steroid dienone is 8. The van der Waals surface area contributed by atoms with Crippen LogP contribution in [0.15, 0.2) is 48.6 Å². The molecule has 0 aliphatic rings. The van der Waals surface area contributed by atoms with Crippen molar-refractivity contribution in [1.82, 2.24) is 5.32 Å². The molecule has 0 aliphatic heterocycles. The third-order valence-electron chi connectivity index (χ3n) is 10.6. The second-order valence-corrected chi connectivity index (χ2v) is 18.9. The average molecular weight is 838 g/mol. The van der Waals surface area contributed by atoms with Crippen molar-refractivity contribution < 1.29 is 32.9 Å².